The third-order valence-electron chi connectivity index (χ3n) is 2.78. The van der Waals surface area contributed by atoms with E-state index >= 15 is 0 Å². The molecule has 0 heterocycles. The molecule has 0 amide bonds. The molecule has 0 aromatic heterocycles. The zero-order valence-electron chi connectivity index (χ0n) is 9.47. The Morgan fingerprint density at radius 1 is 1.44 bits per heavy atom. The molecule has 16 heavy (non-hydrogen) atoms. The number of hydrogen-bond acceptors (Lipinski definition) is 3. The number of carbonyl (C=O) groups is 1. The van der Waals surface area contributed by atoms with Gasteiger partial charge in [0.05, 0.1) is 5.56 Å². The summed E-state index contributed by atoms with van der Waals surface area (Å²) in [5.41, 5.74) is 6.19. The summed E-state index contributed by atoms with van der Waals surface area (Å²) < 4.78 is 0. The van der Waals surface area contributed by atoms with Crippen molar-refractivity contribution in [2.75, 3.05) is 6.61 Å². The maximum Gasteiger partial charge on any atom is 0.336 e. The summed E-state index contributed by atoms with van der Waals surface area (Å²) in [5, 5.41) is 18.3. The van der Waals surface area contributed by atoms with Crippen molar-refractivity contribution in [3.63, 3.8) is 0 Å². The number of carboxylic acid groups (broad SMARTS) is 1. The van der Waals surface area contributed by atoms with Gasteiger partial charge in [0.2, 0.25) is 0 Å². The minimum absolute atomic E-state index is 0.0951. The number of aromatic carboxylic acids is 1. The highest BCUT2D eigenvalue weighted by Crippen LogP contribution is 2.32. The Kier molecular flexibility index (Phi) is 3.67. The van der Waals surface area contributed by atoms with Crippen LogP contribution in [-0.4, -0.2) is 22.8 Å². The molecule has 0 aliphatic heterocycles. The van der Waals surface area contributed by atoms with E-state index in [4.69, 9.17) is 10.8 Å². The van der Waals surface area contributed by atoms with E-state index in [2.05, 4.69) is 0 Å². The molecule has 1 aromatic rings. The summed E-state index contributed by atoms with van der Waals surface area (Å²) >= 11 is 0. The maximum absolute atomic E-state index is 11.0. The van der Waals surface area contributed by atoms with Gasteiger partial charge < -0.3 is 15.9 Å². The molecule has 1 rings (SSSR count). The number of benzene rings is 1. The highest BCUT2D eigenvalue weighted by Gasteiger charge is 2.29. The number of aliphatic hydroxyl groups excluding tert-OH is 1. The van der Waals surface area contributed by atoms with E-state index in [1.54, 1.807) is 32.0 Å². The van der Waals surface area contributed by atoms with Gasteiger partial charge in [0.15, 0.2) is 0 Å². The Balaban J connectivity index is 3.18. The molecule has 0 spiro atoms. The molecule has 0 saturated carbocycles. The highest BCUT2D eigenvalue weighted by atomic mass is 16.4. The number of aliphatic hydroxyl groups is 1. The molecule has 4 N–H and O–H groups in total. The quantitative estimate of drug-likeness (QED) is 0.720. The molecule has 88 valence electrons. The van der Waals surface area contributed by atoms with Crippen molar-refractivity contribution in [3.05, 3.63) is 35.4 Å². The summed E-state index contributed by atoms with van der Waals surface area (Å²) in [6.45, 7) is 3.51. The molecule has 0 radical (unpaired) electrons. The molecular weight excluding hydrogens is 206 g/mol. The average molecular weight is 223 g/mol. The van der Waals surface area contributed by atoms with Crippen molar-refractivity contribution in [2.45, 2.75) is 19.9 Å². The lowest BCUT2D eigenvalue weighted by Gasteiger charge is -2.30. The van der Waals surface area contributed by atoms with Crippen LogP contribution >= 0.6 is 0 Å². The van der Waals surface area contributed by atoms with E-state index in [1.807, 2.05) is 0 Å². The standard InChI is InChI=1S/C12H17NO3/c1-12(2,7-14)10(13)8-5-3-4-6-9(8)11(15)16/h3-6,10,14H,7,13H2,1-2H3,(H,15,16)/t10-/m1/s1. The van der Waals surface area contributed by atoms with Gasteiger partial charge in [-0.3, -0.25) is 0 Å². The Morgan fingerprint density at radius 3 is 2.50 bits per heavy atom. The number of carboxylic acids is 1. The third kappa shape index (κ3) is 2.40. The van der Waals surface area contributed by atoms with Gasteiger partial charge in [0, 0.05) is 18.1 Å². The molecule has 0 aliphatic carbocycles. The molecule has 0 fully saturated rings. The van der Waals surface area contributed by atoms with E-state index in [1.165, 1.54) is 6.07 Å². The van der Waals surface area contributed by atoms with Crippen molar-refractivity contribution < 1.29 is 15.0 Å². The van der Waals surface area contributed by atoms with Crippen LogP contribution in [0.2, 0.25) is 0 Å². The summed E-state index contributed by atoms with van der Waals surface area (Å²) in [6, 6.07) is 6.10. The molecule has 0 saturated heterocycles. The molecule has 1 aromatic carbocycles. The van der Waals surface area contributed by atoms with Crippen molar-refractivity contribution >= 4 is 5.97 Å². The molecule has 0 bridgehead atoms. The second-order valence-electron chi connectivity index (χ2n) is 4.52. The van der Waals surface area contributed by atoms with Crippen LogP contribution in [0, 0.1) is 5.41 Å². The van der Waals surface area contributed by atoms with Gasteiger partial charge in [0.1, 0.15) is 0 Å². The Hall–Kier alpha value is -1.39. The largest absolute Gasteiger partial charge is 0.478 e. The van der Waals surface area contributed by atoms with Crippen LogP contribution < -0.4 is 5.73 Å². The minimum Gasteiger partial charge on any atom is -0.478 e. The fraction of sp³-hybridized carbons (Fsp3) is 0.417. The fourth-order valence-electron chi connectivity index (χ4n) is 1.48. The normalized spacial score (nSPS) is 13.5. The number of rotatable bonds is 4. The summed E-state index contributed by atoms with van der Waals surface area (Å²) in [7, 11) is 0. The van der Waals surface area contributed by atoms with Crippen LogP contribution in [0.1, 0.15) is 35.8 Å². The fourth-order valence-corrected chi connectivity index (χ4v) is 1.48. The predicted molar refractivity (Wildman–Crippen MR) is 61.2 cm³/mol. The molecule has 1 atom stereocenters. The number of hydrogen-bond donors (Lipinski definition) is 3. The topological polar surface area (TPSA) is 83.5 Å². The molecule has 4 nitrogen and oxygen atoms in total. The summed E-state index contributed by atoms with van der Waals surface area (Å²) in [4.78, 5) is 11.0. The van der Waals surface area contributed by atoms with E-state index in [0.29, 0.717) is 5.56 Å². The van der Waals surface area contributed by atoms with E-state index < -0.39 is 17.4 Å². The van der Waals surface area contributed by atoms with Crippen LogP contribution in [0.5, 0.6) is 0 Å². The summed E-state index contributed by atoms with van der Waals surface area (Å²) in [5.74, 6) is -1.00. The molecule has 0 unspecified atom stereocenters. The second kappa shape index (κ2) is 4.63. The van der Waals surface area contributed by atoms with E-state index in [9.17, 15) is 9.90 Å². The lowest BCUT2D eigenvalue weighted by molar-refractivity contribution is 0.0691. The van der Waals surface area contributed by atoms with Crippen molar-refractivity contribution in [1.82, 2.24) is 0 Å². The molecule has 0 aliphatic rings. The van der Waals surface area contributed by atoms with Gasteiger partial charge in [-0.05, 0) is 11.6 Å². The first-order chi connectivity index (χ1) is 7.40. The van der Waals surface area contributed by atoms with Crippen LogP contribution in [0.25, 0.3) is 0 Å². The highest BCUT2D eigenvalue weighted by molar-refractivity contribution is 5.89. The Morgan fingerprint density at radius 2 is 2.00 bits per heavy atom. The zero-order valence-corrected chi connectivity index (χ0v) is 9.47. The lowest BCUT2D eigenvalue weighted by Crippen LogP contribution is -2.33. The molecule has 4 heteroatoms. The van der Waals surface area contributed by atoms with Crippen molar-refractivity contribution in [1.29, 1.82) is 0 Å². The lowest BCUT2D eigenvalue weighted by atomic mass is 9.80. The first-order valence-electron chi connectivity index (χ1n) is 5.09. The molecular formula is C12H17NO3. The van der Waals surface area contributed by atoms with Crippen LogP contribution in [0.3, 0.4) is 0 Å². The van der Waals surface area contributed by atoms with Gasteiger partial charge in [-0.25, -0.2) is 4.79 Å². The first-order valence-corrected chi connectivity index (χ1v) is 5.09. The van der Waals surface area contributed by atoms with Gasteiger partial charge >= 0.3 is 5.97 Å². The monoisotopic (exact) mass is 223 g/mol. The second-order valence-corrected chi connectivity index (χ2v) is 4.52. The smallest absolute Gasteiger partial charge is 0.336 e. The van der Waals surface area contributed by atoms with Crippen molar-refractivity contribution in [3.8, 4) is 0 Å². The van der Waals surface area contributed by atoms with Crippen LogP contribution in [0.15, 0.2) is 24.3 Å². The van der Waals surface area contributed by atoms with E-state index in [0.717, 1.165) is 0 Å². The van der Waals surface area contributed by atoms with Gasteiger partial charge in [0.25, 0.3) is 0 Å². The van der Waals surface area contributed by atoms with Gasteiger partial charge in [-0.2, -0.15) is 0 Å². The maximum atomic E-state index is 11.0. The minimum atomic E-state index is -1.00. The zero-order chi connectivity index (χ0) is 12.3. The van der Waals surface area contributed by atoms with E-state index in [-0.39, 0.29) is 12.2 Å². The summed E-state index contributed by atoms with van der Waals surface area (Å²) in [6.07, 6.45) is 0. The van der Waals surface area contributed by atoms with Crippen LogP contribution in [0.4, 0.5) is 0 Å². The van der Waals surface area contributed by atoms with Gasteiger partial charge in [-0.1, -0.05) is 32.0 Å². The predicted octanol–water partition coefficient (Wildman–Crippen LogP) is 1.40. The van der Waals surface area contributed by atoms with Crippen LogP contribution in [-0.2, 0) is 0 Å². The third-order valence-corrected chi connectivity index (χ3v) is 2.78. The Bertz CT molecular complexity index is 388. The SMILES string of the molecule is CC(C)(CO)[C@H](N)c1ccccc1C(=O)O. The van der Waals surface area contributed by atoms with Gasteiger partial charge in [-0.15, -0.1) is 0 Å². The first kappa shape index (κ1) is 12.7. The Labute approximate surface area is 94.7 Å². The number of nitrogens with two attached hydrogens (primary N) is 1. The average Bonchev–Trinajstić information content (AvgIpc) is 2.28. The van der Waals surface area contributed by atoms with Crippen molar-refractivity contribution in [2.24, 2.45) is 11.1 Å².